The molecule has 0 aliphatic heterocycles. The number of rotatable bonds is 7. The van der Waals surface area contributed by atoms with Crippen LogP contribution in [0.25, 0.3) is 89.2 Å². The summed E-state index contributed by atoms with van der Waals surface area (Å²) in [6, 6.07) is 79.8. The Morgan fingerprint density at radius 2 is 0.905 bits per heavy atom. The van der Waals surface area contributed by atoms with Crippen LogP contribution in [0.2, 0.25) is 0 Å². The first-order chi connectivity index (χ1) is 31.2. The molecule has 0 radical (unpaired) electrons. The normalized spacial score (nSPS) is 12.6. The van der Waals surface area contributed by atoms with Crippen molar-refractivity contribution in [3.8, 4) is 67.4 Å². The van der Waals surface area contributed by atoms with E-state index in [9.17, 15) is 0 Å². The first-order valence-electron chi connectivity index (χ1n) is 21.4. The molecule has 4 nitrogen and oxygen atoms in total. The fourth-order valence-electron chi connectivity index (χ4n) is 9.73. The maximum absolute atomic E-state index is 5.36. The Balaban J connectivity index is 0.975. The van der Waals surface area contributed by atoms with Crippen molar-refractivity contribution in [1.29, 1.82) is 0 Å². The smallest absolute Gasteiger partial charge is 0.160 e. The Hall–Kier alpha value is -8.34. The van der Waals surface area contributed by atoms with Gasteiger partial charge in [-0.1, -0.05) is 200 Å². The molecule has 294 valence electrons. The molecule has 4 heteroatoms. The molecule has 0 N–H and O–H groups in total. The summed E-state index contributed by atoms with van der Waals surface area (Å²) >= 11 is 0. The summed E-state index contributed by atoms with van der Waals surface area (Å²) in [5.41, 5.74) is 17.7. The van der Waals surface area contributed by atoms with Gasteiger partial charge in [-0.05, 0) is 68.8 Å². The van der Waals surface area contributed by atoms with E-state index in [0.717, 1.165) is 72.3 Å². The average Bonchev–Trinajstić information content (AvgIpc) is 3.68. The van der Waals surface area contributed by atoms with Crippen LogP contribution in [-0.4, -0.2) is 19.9 Å². The number of nitrogens with zero attached hydrogens (tertiary/aromatic N) is 4. The summed E-state index contributed by atoms with van der Waals surface area (Å²) < 4.78 is 0. The van der Waals surface area contributed by atoms with Crippen molar-refractivity contribution < 1.29 is 0 Å². The van der Waals surface area contributed by atoms with Crippen LogP contribution in [-0.2, 0) is 5.41 Å². The molecule has 3 heterocycles. The zero-order chi connectivity index (χ0) is 41.7. The lowest BCUT2D eigenvalue weighted by atomic mass is 9.67. The van der Waals surface area contributed by atoms with Gasteiger partial charge in [0.05, 0.1) is 33.5 Å². The number of pyridine rings is 2. The van der Waals surface area contributed by atoms with E-state index in [1.807, 2.05) is 30.5 Å². The van der Waals surface area contributed by atoms with Gasteiger partial charge in [-0.25, -0.2) is 15.0 Å². The van der Waals surface area contributed by atoms with E-state index >= 15 is 0 Å². The molecule has 12 rings (SSSR count). The standard InChI is InChI=1S/C59H38N4/c1-4-15-43(16-5-1)58-62-53(40-30-28-39(29-31-40)44-17-12-18-45(37-44)52-35-34-42-33-32-41-19-14-36-60-56(41)57(42)61-52)38-54(63-58)49-25-13-27-51-55(49)48-24-10-11-26-50(48)59(51,46-20-6-2-7-21-46)47-22-8-3-9-23-47/h1-38H. The Labute approximate surface area is 365 Å². The molecule has 0 saturated carbocycles. The lowest BCUT2D eigenvalue weighted by Crippen LogP contribution is -2.28. The molecule has 0 bridgehead atoms. The second kappa shape index (κ2) is 15.0. The van der Waals surface area contributed by atoms with Crippen LogP contribution < -0.4 is 0 Å². The SMILES string of the molecule is c1ccc(-c2nc(-c3ccc(-c4cccc(-c5ccc6ccc7cccnc7c6n5)c4)cc3)cc(-c3cccc4c3-c3ccccc3C4(c3ccccc3)c3ccccc3)n2)cc1. The van der Waals surface area contributed by atoms with Crippen molar-refractivity contribution in [2.75, 3.05) is 0 Å². The number of hydrogen-bond donors (Lipinski definition) is 0. The van der Waals surface area contributed by atoms with Gasteiger partial charge >= 0.3 is 0 Å². The van der Waals surface area contributed by atoms with Crippen LogP contribution in [0.4, 0.5) is 0 Å². The summed E-state index contributed by atoms with van der Waals surface area (Å²) in [6.45, 7) is 0. The first kappa shape index (κ1) is 36.5. The van der Waals surface area contributed by atoms with Crippen LogP contribution in [0.1, 0.15) is 22.3 Å². The highest BCUT2D eigenvalue weighted by atomic mass is 14.9. The van der Waals surface area contributed by atoms with Crippen LogP contribution in [0.5, 0.6) is 0 Å². The monoisotopic (exact) mass is 802 g/mol. The molecule has 0 saturated heterocycles. The van der Waals surface area contributed by atoms with E-state index in [1.54, 1.807) is 0 Å². The molecule has 63 heavy (non-hydrogen) atoms. The van der Waals surface area contributed by atoms with E-state index in [1.165, 1.54) is 33.4 Å². The Morgan fingerprint density at radius 1 is 0.317 bits per heavy atom. The maximum Gasteiger partial charge on any atom is 0.160 e. The van der Waals surface area contributed by atoms with Crippen molar-refractivity contribution in [2.24, 2.45) is 0 Å². The fraction of sp³-hybridized carbons (Fsp3) is 0.0169. The van der Waals surface area contributed by atoms with Crippen molar-refractivity contribution >= 4 is 21.8 Å². The molecular weight excluding hydrogens is 765 g/mol. The van der Waals surface area contributed by atoms with Gasteiger partial charge in [0.15, 0.2) is 5.82 Å². The Bertz CT molecular complexity index is 3450. The summed E-state index contributed by atoms with van der Waals surface area (Å²) in [5, 5.41) is 2.16. The van der Waals surface area contributed by atoms with Crippen LogP contribution in [0.3, 0.4) is 0 Å². The van der Waals surface area contributed by atoms with Gasteiger partial charge < -0.3 is 0 Å². The first-order valence-corrected chi connectivity index (χ1v) is 21.4. The summed E-state index contributed by atoms with van der Waals surface area (Å²) in [5.74, 6) is 0.687. The molecule has 1 aliphatic carbocycles. The van der Waals surface area contributed by atoms with Gasteiger partial charge in [0.2, 0.25) is 0 Å². The molecule has 0 unspecified atom stereocenters. The second-order valence-corrected chi connectivity index (χ2v) is 16.2. The lowest BCUT2D eigenvalue weighted by molar-refractivity contribution is 0.768. The summed E-state index contributed by atoms with van der Waals surface area (Å²) in [7, 11) is 0. The van der Waals surface area contributed by atoms with E-state index in [-0.39, 0.29) is 0 Å². The molecule has 11 aromatic rings. The number of aromatic nitrogens is 4. The second-order valence-electron chi connectivity index (χ2n) is 16.2. The zero-order valence-corrected chi connectivity index (χ0v) is 34.2. The van der Waals surface area contributed by atoms with Crippen molar-refractivity contribution in [3.63, 3.8) is 0 Å². The molecule has 0 fully saturated rings. The van der Waals surface area contributed by atoms with E-state index in [0.29, 0.717) is 5.82 Å². The highest BCUT2D eigenvalue weighted by Crippen LogP contribution is 2.58. The maximum atomic E-state index is 5.36. The van der Waals surface area contributed by atoms with Gasteiger partial charge in [0.25, 0.3) is 0 Å². The van der Waals surface area contributed by atoms with Gasteiger partial charge in [0, 0.05) is 39.2 Å². The third-order valence-corrected chi connectivity index (χ3v) is 12.6. The van der Waals surface area contributed by atoms with E-state index in [2.05, 4.69) is 205 Å². The third kappa shape index (κ3) is 6.07. The van der Waals surface area contributed by atoms with E-state index < -0.39 is 5.41 Å². The predicted molar refractivity (Wildman–Crippen MR) is 257 cm³/mol. The summed E-state index contributed by atoms with van der Waals surface area (Å²) in [4.78, 5) is 20.4. The minimum atomic E-state index is -0.508. The fourth-order valence-corrected chi connectivity index (χ4v) is 9.73. The quantitative estimate of drug-likeness (QED) is 0.151. The van der Waals surface area contributed by atoms with Crippen molar-refractivity contribution in [2.45, 2.75) is 5.41 Å². The average molecular weight is 803 g/mol. The molecule has 3 aromatic heterocycles. The zero-order valence-electron chi connectivity index (χ0n) is 34.2. The van der Waals surface area contributed by atoms with Crippen LogP contribution in [0.15, 0.2) is 231 Å². The highest BCUT2D eigenvalue weighted by Gasteiger charge is 2.46. The molecule has 1 aliphatic rings. The van der Waals surface area contributed by atoms with Gasteiger partial charge in [-0.15, -0.1) is 0 Å². The number of hydrogen-bond acceptors (Lipinski definition) is 4. The van der Waals surface area contributed by atoms with Gasteiger partial charge in [0.1, 0.15) is 0 Å². The minimum Gasteiger partial charge on any atom is -0.254 e. The Morgan fingerprint density at radius 3 is 1.68 bits per heavy atom. The molecule has 0 amide bonds. The largest absolute Gasteiger partial charge is 0.254 e. The molecule has 8 aromatic carbocycles. The predicted octanol–water partition coefficient (Wildman–Crippen LogP) is 14.3. The van der Waals surface area contributed by atoms with Crippen molar-refractivity contribution in [3.05, 3.63) is 253 Å². The van der Waals surface area contributed by atoms with E-state index in [4.69, 9.17) is 15.0 Å². The molecule has 0 spiro atoms. The topological polar surface area (TPSA) is 51.6 Å². The van der Waals surface area contributed by atoms with Crippen LogP contribution >= 0.6 is 0 Å². The van der Waals surface area contributed by atoms with Gasteiger partial charge in [-0.2, -0.15) is 0 Å². The van der Waals surface area contributed by atoms with Crippen molar-refractivity contribution in [1.82, 2.24) is 19.9 Å². The minimum absolute atomic E-state index is 0.508. The third-order valence-electron chi connectivity index (χ3n) is 12.6. The Kier molecular flexibility index (Phi) is 8.68. The lowest BCUT2D eigenvalue weighted by Gasteiger charge is -2.33. The molecule has 0 atom stereocenters. The highest BCUT2D eigenvalue weighted by molar-refractivity contribution is 6.03. The summed E-state index contributed by atoms with van der Waals surface area (Å²) in [6.07, 6.45) is 1.83. The van der Waals surface area contributed by atoms with Gasteiger partial charge in [-0.3, -0.25) is 4.98 Å². The van der Waals surface area contributed by atoms with Crippen LogP contribution in [0, 0.1) is 0 Å². The number of fused-ring (bicyclic) bond motifs is 6. The number of benzene rings is 8. The molecular formula is C59H38N4.